The van der Waals surface area contributed by atoms with Crippen molar-refractivity contribution in [1.82, 2.24) is 0 Å². The third kappa shape index (κ3) is 3.36. The highest BCUT2D eigenvalue weighted by Gasteiger charge is 2.22. The third-order valence-electron chi connectivity index (χ3n) is 2.88. The van der Waals surface area contributed by atoms with Gasteiger partial charge >= 0.3 is 0 Å². The van der Waals surface area contributed by atoms with E-state index in [-0.39, 0.29) is 4.90 Å². The molecule has 0 heterocycles. The number of anilines is 1. The molecular formula is C12H20N2O3S. The first-order valence-electron chi connectivity index (χ1n) is 5.69. The van der Waals surface area contributed by atoms with Gasteiger partial charge in [0.15, 0.2) is 0 Å². The number of hydrogen-bond donors (Lipinski definition) is 2. The molecule has 0 spiro atoms. The minimum Gasteiger partial charge on any atom is -0.487 e. The summed E-state index contributed by atoms with van der Waals surface area (Å²) >= 11 is 0. The Labute approximate surface area is 108 Å². The molecular weight excluding hydrogens is 252 g/mol. The summed E-state index contributed by atoms with van der Waals surface area (Å²) in [4.78, 5) is 0.00408. The number of ether oxygens (including phenoxy) is 1. The lowest BCUT2D eigenvalue weighted by Crippen LogP contribution is -2.27. The standard InChI is InChI=1S/C12H20N2O3S/c1-5-12(3,4)17-10-6-9(13)7-11(8(10)2)18(14,15)16/h6-7H,5,13H2,1-4H3,(H2,14,15,16). The maximum atomic E-state index is 11.5. The molecule has 0 bridgehead atoms. The zero-order valence-corrected chi connectivity index (χ0v) is 12.0. The topological polar surface area (TPSA) is 95.4 Å². The number of primary sulfonamides is 1. The molecule has 4 N–H and O–H groups in total. The van der Waals surface area contributed by atoms with E-state index >= 15 is 0 Å². The number of nitrogen functional groups attached to an aromatic ring is 1. The Balaban J connectivity index is 3.35. The normalized spacial score (nSPS) is 12.5. The van der Waals surface area contributed by atoms with E-state index in [9.17, 15) is 8.42 Å². The van der Waals surface area contributed by atoms with E-state index in [0.29, 0.717) is 17.0 Å². The van der Waals surface area contributed by atoms with Crippen LogP contribution in [0, 0.1) is 6.92 Å². The van der Waals surface area contributed by atoms with Crippen LogP contribution in [0.15, 0.2) is 17.0 Å². The van der Waals surface area contributed by atoms with Crippen LogP contribution in [-0.2, 0) is 10.0 Å². The first-order valence-corrected chi connectivity index (χ1v) is 7.23. The van der Waals surface area contributed by atoms with E-state index in [1.54, 1.807) is 13.0 Å². The minimum absolute atomic E-state index is 0.00408. The van der Waals surface area contributed by atoms with Gasteiger partial charge in [-0.15, -0.1) is 0 Å². The fourth-order valence-electron chi connectivity index (χ4n) is 1.45. The fraction of sp³-hybridized carbons (Fsp3) is 0.500. The quantitative estimate of drug-likeness (QED) is 0.817. The Kier molecular flexibility index (Phi) is 3.92. The van der Waals surface area contributed by atoms with Gasteiger partial charge in [0.1, 0.15) is 11.4 Å². The summed E-state index contributed by atoms with van der Waals surface area (Å²) in [6.07, 6.45) is 0.784. The van der Waals surface area contributed by atoms with E-state index in [1.165, 1.54) is 6.07 Å². The predicted molar refractivity (Wildman–Crippen MR) is 72.0 cm³/mol. The van der Waals surface area contributed by atoms with Crippen molar-refractivity contribution < 1.29 is 13.2 Å². The van der Waals surface area contributed by atoms with Crippen molar-refractivity contribution in [3.8, 4) is 5.75 Å². The maximum Gasteiger partial charge on any atom is 0.238 e. The lowest BCUT2D eigenvalue weighted by molar-refractivity contribution is 0.104. The van der Waals surface area contributed by atoms with Crippen LogP contribution >= 0.6 is 0 Å². The van der Waals surface area contributed by atoms with Gasteiger partial charge in [-0.2, -0.15) is 0 Å². The average Bonchev–Trinajstić information content (AvgIpc) is 2.21. The Hall–Kier alpha value is -1.27. The van der Waals surface area contributed by atoms with Gasteiger partial charge in [-0.25, -0.2) is 13.6 Å². The minimum atomic E-state index is -3.80. The van der Waals surface area contributed by atoms with Crippen LogP contribution in [0.25, 0.3) is 0 Å². The first kappa shape index (κ1) is 14.8. The summed E-state index contributed by atoms with van der Waals surface area (Å²) in [5, 5.41) is 5.15. The number of rotatable bonds is 4. The summed E-state index contributed by atoms with van der Waals surface area (Å²) < 4.78 is 28.7. The van der Waals surface area contributed by atoms with Gasteiger partial charge in [-0.05, 0) is 33.3 Å². The molecule has 0 aliphatic rings. The van der Waals surface area contributed by atoms with Gasteiger partial charge < -0.3 is 10.5 Å². The molecule has 6 heteroatoms. The van der Waals surface area contributed by atoms with Crippen molar-refractivity contribution in [2.45, 2.75) is 44.6 Å². The van der Waals surface area contributed by atoms with Crippen molar-refractivity contribution >= 4 is 15.7 Å². The largest absolute Gasteiger partial charge is 0.487 e. The number of benzene rings is 1. The van der Waals surface area contributed by atoms with Crippen molar-refractivity contribution in [1.29, 1.82) is 0 Å². The smallest absolute Gasteiger partial charge is 0.238 e. The molecule has 0 saturated heterocycles. The monoisotopic (exact) mass is 272 g/mol. The van der Waals surface area contributed by atoms with Gasteiger partial charge in [-0.1, -0.05) is 6.92 Å². The van der Waals surface area contributed by atoms with Gasteiger partial charge in [0.25, 0.3) is 0 Å². The lowest BCUT2D eigenvalue weighted by atomic mass is 10.1. The van der Waals surface area contributed by atoms with E-state index in [1.807, 2.05) is 20.8 Å². The SMILES string of the molecule is CCC(C)(C)Oc1cc(N)cc(S(N)(=O)=O)c1C. The summed E-state index contributed by atoms with van der Waals surface area (Å²) in [5.74, 6) is 0.450. The summed E-state index contributed by atoms with van der Waals surface area (Å²) in [6, 6.07) is 2.96. The molecule has 0 fully saturated rings. The highest BCUT2D eigenvalue weighted by Crippen LogP contribution is 2.31. The molecule has 1 aromatic rings. The van der Waals surface area contributed by atoms with Crippen LogP contribution in [-0.4, -0.2) is 14.0 Å². The molecule has 0 aliphatic heterocycles. The molecule has 0 amide bonds. The van der Waals surface area contributed by atoms with Crippen molar-refractivity contribution in [3.05, 3.63) is 17.7 Å². The van der Waals surface area contributed by atoms with Crippen LogP contribution in [0.2, 0.25) is 0 Å². The second-order valence-corrected chi connectivity index (χ2v) is 6.43. The van der Waals surface area contributed by atoms with Crippen LogP contribution in [0.3, 0.4) is 0 Å². The van der Waals surface area contributed by atoms with Crippen LogP contribution < -0.4 is 15.6 Å². The molecule has 102 valence electrons. The molecule has 0 aliphatic carbocycles. The highest BCUT2D eigenvalue weighted by atomic mass is 32.2. The van der Waals surface area contributed by atoms with E-state index in [2.05, 4.69) is 0 Å². The van der Waals surface area contributed by atoms with E-state index in [4.69, 9.17) is 15.6 Å². The zero-order chi connectivity index (χ0) is 14.1. The van der Waals surface area contributed by atoms with E-state index in [0.717, 1.165) is 6.42 Å². The van der Waals surface area contributed by atoms with E-state index < -0.39 is 15.6 Å². The summed E-state index contributed by atoms with van der Waals surface area (Å²) in [6.45, 7) is 7.49. The molecule has 0 atom stereocenters. The maximum absolute atomic E-state index is 11.5. The van der Waals surface area contributed by atoms with Gasteiger partial charge in [0.05, 0.1) is 4.90 Å². The van der Waals surface area contributed by atoms with Crippen molar-refractivity contribution in [3.63, 3.8) is 0 Å². The van der Waals surface area contributed by atoms with Gasteiger partial charge in [-0.3, -0.25) is 0 Å². The summed E-state index contributed by atoms with van der Waals surface area (Å²) in [5.41, 5.74) is 6.08. The Morgan fingerprint density at radius 2 is 1.89 bits per heavy atom. The molecule has 0 saturated carbocycles. The first-order chi connectivity index (χ1) is 8.07. The van der Waals surface area contributed by atoms with Gasteiger partial charge in [0, 0.05) is 17.3 Å². The van der Waals surface area contributed by atoms with Crippen molar-refractivity contribution in [2.75, 3.05) is 5.73 Å². The molecule has 18 heavy (non-hydrogen) atoms. The lowest BCUT2D eigenvalue weighted by Gasteiger charge is -2.26. The number of hydrogen-bond acceptors (Lipinski definition) is 4. The van der Waals surface area contributed by atoms with Crippen LogP contribution in [0.5, 0.6) is 5.75 Å². The summed E-state index contributed by atoms with van der Waals surface area (Å²) in [7, 11) is -3.80. The Morgan fingerprint density at radius 1 is 1.33 bits per heavy atom. The second kappa shape index (κ2) is 4.78. The predicted octanol–water partition coefficient (Wildman–Crippen LogP) is 1.79. The second-order valence-electron chi connectivity index (χ2n) is 4.90. The zero-order valence-electron chi connectivity index (χ0n) is 11.1. The average molecular weight is 272 g/mol. The number of sulfonamides is 1. The molecule has 0 radical (unpaired) electrons. The van der Waals surface area contributed by atoms with Crippen LogP contribution in [0.4, 0.5) is 5.69 Å². The molecule has 1 aromatic carbocycles. The molecule has 0 unspecified atom stereocenters. The van der Waals surface area contributed by atoms with Crippen molar-refractivity contribution in [2.24, 2.45) is 5.14 Å². The third-order valence-corrected chi connectivity index (χ3v) is 3.92. The Bertz CT molecular complexity index is 551. The van der Waals surface area contributed by atoms with Crippen LogP contribution in [0.1, 0.15) is 32.8 Å². The number of nitrogens with two attached hydrogens (primary N) is 2. The molecule has 5 nitrogen and oxygen atoms in total. The highest BCUT2D eigenvalue weighted by molar-refractivity contribution is 7.89. The Morgan fingerprint density at radius 3 is 2.33 bits per heavy atom. The van der Waals surface area contributed by atoms with Gasteiger partial charge in [0.2, 0.25) is 10.0 Å². The fourth-order valence-corrected chi connectivity index (χ4v) is 2.28. The molecule has 1 rings (SSSR count). The molecule has 0 aromatic heterocycles.